The Balaban J connectivity index is 1.45. The smallest absolute Gasteiger partial charge is 0.243 e. The fourth-order valence-corrected chi connectivity index (χ4v) is 4.50. The van der Waals surface area contributed by atoms with Gasteiger partial charge in [-0.1, -0.05) is 0 Å². The zero-order valence-electron chi connectivity index (χ0n) is 14.7. The first-order valence-electron chi connectivity index (χ1n) is 8.50. The summed E-state index contributed by atoms with van der Waals surface area (Å²) in [5.41, 5.74) is 0. The molecule has 0 aliphatic carbocycles. The van der Waals surface area contributed by atoms with Gasteiger partial charge >= 0.3 is 0 Å². The van der Waals surface area contributed by atoms with Gasteiger partial charge in [-0.25, -0.2) is 8.42 Å². The fraction of sp³-hybridized carbons (Fsp3) is 0.412. The highest BCUT2D eigenvalue weighted by Crippen LogP contribution is 2.34. The van der Waals surface area contributed by atoms with Gasteiger partial charge in [-0.05, 0) is 18.6 Å². The van der Waals surface area contributed by atoms with Gasteiger partial charge < -0.3 is 18.9 Å². The van der Waals surface area contributed by atoms with Gasteiger partial charge in [0.25, 0.3) is 0 Å². The molecule has 2 aromatic rings. The van der Waals surface area contributed by atoms with Gasteiger partial charge in [0.15, 0.2) is 11.5 Å². The van der Waals surface area contributed by atoms with E-state index in [2.05, 4.69) is 10.2 Å². The van der Waals surface area contributed by atoms with Crippen LogP contribution in [0.2, 0.25) is 0 Å². The largest absolute Gasteiger partial charge is 0.486 e. The number of hydrogen-bond donors (Lipinski definition) is 0. The number of fused-ring (bicyclic) bond motifs is 1. The lowest BCUT2D eigenvalue weighted by Gasteiger charge is -2.21. The van der Waals surface area contributed by atoms with Gasteiger partial charge in [0.1, 0.15) is 19.3 Å². The van der Waals surface area contributed by atoms with Gasteiger partial charge in [0.2, 0.25) is 21.8 Å². The van der Waals surface area contributed by atoms with Crippen molar-refractivity contribution in [3.63, 3.8) is 0 Å². The summed E-state index contributed by atoms with van der Waals surface area (Å²) < 4.78 is 48.9. The van der Waals surface area contributed by atoms with Crippen LogP contribution in [0, 0.1) is 0 Å². The summed E-state index contributed by atoms with van der Waals surface area (Å²) in [4.78, 5) is 0.177. The summed E-state index contributed by atoms with van der Waals surface area (Å²) in [5, 5.41) is 7.75. The lowest BCUT2D eigenvalue weighted by atomic mass is 10.3. The van der Waals surface area contributed by atoms with E-state index >= 15 is 0 Å². The molecule has 0 spiro atoms. The van der Waals surface area contributed by atoms with Gasteiger partial charge in [0.05, 0.1) is 18.6 Å². The highest BCUT2D eigenvalue weighted by atomic mass is 32.2. The minimum absolute atomic E-state index is 0.177. The summed E-state index contributed by atoms with van der Waals surface area (Å²) in [6, 6.07) is 7.95. The monoisotopic (exact) mass is 393 g/mol. The quantitative estimate of drug-likeness (QED) is 0.744. The number of aromatic nitrogens is 2. The molecule has 4 rings (SSSR count). The van der Waals surface area contributed by atoms with Gasteiger partial charge in [0, 0.05) is 24.7 Å². The number of sulfonamides is 1. The SMILES string of the molecule is COc1ccc(OC2CCN(S(=O)(=O)c3ccc4c(c3)OCCO4)C2)nn1. The number of rotatable bonds is 5. The van der Waals surface area contributed by atoms with Crippen LogP contribution in [0.3, 0.4) is 0 Å². The van der Waals surface area contributed by atoms with Crippen molar-refractivity contribution in [1.29, 1.82) is 0 Å². The zero-order valence-corrected chi connectivity index (χ0v) is 15.5. The van der Waals surface area contributed by atoms with Crippen LogP contribution in [0.5, 0.6) is 23.3 Å². The number of ether oxygens (including phenoxy) is 4. The molecule has 3 heterocycles. The van der Waals surface area contributed by atoms with E-state index in [4.69, 9.17) is 18.9 Å². The van der Waals surface area contributed by atoms with Gasteiger partial charge in [-0.2, -0.15) is 4.31 Å². The Morgan fingerprint density at radius 3 is 2.56 bits per heavy atom. The molecule has 27 heavy (non-hydrogen) atoms. The Morgan fingerprint density at radius 1 is 1.07 bits per heavy atom. The van der Waals surface area contributed by atoms with Crippen LogP contribution in [-0.2, 0) is 10.0 Å². The summed E-state index contributed by atoms with van der Waals surface area (Å²) in [6.07, 6.45) is 0.275. The first-order chi connectivity index (χ1) is 13.1. The van der Waals surface area contributed by atoms with Gasteiger partial charge in [-0.3, -0.25) is 0 Å². The summed E-state index contributed by atoms with van der Waals surface area (Å²) in [6.45, 7) is 1.47. The van der Waals surface area contributed by atoms with Gasteiger partial charge in [-0.15, -0.1) is 10.2 Å². The fourth-order valence-electron chi connectivity index (χ4n) is 3.00. The second kappa shape index (κ2) is 7.20. The predicted octanol–water partition coefficient (Wildman–Crippen LogP) is 1.10. The van der Waals surface area contributed by atoms with Crippen LogP contribution in [0.1, 0.15) is 6.42 Å². The van der Waals surface area contributed by atoms with E-state index in [0.29, 0.717) is 49.4 Å². The minimum Gasteiger partial charge on any atom is -0.486 e. The molecule has 1 unspecified atom stereocenters. The first-order valence-corrected chi connectivity index (χ1v) is 9.94. The number of benzene rings is 1. The van der Waals surface area contributed by atoms with Crippen LogP contribution < -0.4 is 18.9 Å². The molecule has 1 fully saturated rings. The van der Waals surface area contributed by atoms with Crippen LogP contribution in [0.15, 0.2) is 35.2 Å². The van der Waals surface area contributed by atoms with Crippen molar-refractivity contribution in [3.8, 4) is 23.3 Å². The predicted molar refractivity (Wildman–Crippen MR) is 93.8 cm³/mol. The molecule has 1 aromatic heterocycles. The van der Waals surface area contributed by atoms with Crippen LogP contribution >= 0.6 is 0 Å². The minimum atomic E-state index is -3.65. The molecule has 1 aromatic carbocycles. The maximum Gasteiger partial charge on any atom is 0.243 e. The maximum atomic E-state index is 12.9. The number of hydrogen-bond acceptors (Lipinski definition) is 8. The molecule has 0 radical (unpaired) electrons. The van der Waals surface area contributed by atoms with Crippen molar-refractivity contribution in [2.24, 2.45) is 0 Å². The van der Waals surface area contributed by atoms with E-state index in [-0.39, 0.29) is 17.5 Å². The molecule has 9 nitrogen and oxygen atoms in total. The van der Waals surface area contributed by atoms with Crippen molar-refractivity contribution in [3.05, 3.63) is 30.3 Å². The lowest BCUT2D eigenvalue weighted by molar-refractivity contribution is 0.171. The third-order valence-corrected chi connectivity index (χ3v) is 6.23. The summed E-state index contributed by atoms with van der Waals surface area (Å²) >= 11 is 0. The first kappa shape index (κ1) is 17.8. The Morgan fingerprint density at radius 2 is 1.81 bits per heavy atom. The number of nitrogens with zero attached hydrogens (tertiary/aromatic N) is 3. The molecule has 1 atom stereocenters. The average Bonchev–Trinajstić information content (AvgIpc) is 3.17. The maximum absolute atomic E-state index is 12.9. The van der Waals surface area contributed by atoms with Crippen molar-refractivity contribution in [2.45, 2.75) is 17.4 Å². The van der Waals surface area contributed by atoms with E-state index in [9.17, 15) is 8.42 Å². The van der Waals surface area contributed by atoms with Crippen LogP contribution in [0.25, 0.3) is 0 Å². The Hall–Kier alpha value is -2.59. The Bertz CT molecular complexity index is 919. The van der Waals surface area contributed by atoms with E-state index in [1.807, 2.05) is 0 Å². The molecular formula is C17H19N3O6S. The standard InChI is InChI=1S/C17H19N3O6S/c1-23-16-4-5-17(19-18-16)26-12-6-7-20(11-12)27(21,22)13-2-3-14-15(10-13)25-9-8-24-14/h2-5,10,12H,6-9,11H2,1H3. The van der Waals surface area contributed by atoms with E-state index in [1.165, 1.54) is 23.5 Å². The second-order valence-electron chi connectivity index (χ2n) is 6.11. The molecule has 2 aliphatic rings. The topological polar surface area (TPSA) is 100 Å². The van der Waals surface area contributed by atoms with E-state index < -0.39 is 10.0 Å². The summed E-state index contributed by atoms with van der Waals surface area (Å²) in [7, 11) is -2.14. The highest BCUT2D eigenvalue weighted by Gasteiger charge is 2.34. The van der Waals surface area contributed by atoms with Crippen LogP contribution in [-0.4, -0.2) is 62.4 Å². The molecule has 0 bridgehead atoms. The van der Waals surface area contributed by atoms with Crippen molar-refractivity contribution in [1.82, 2.24) is 14.5 Å². The molecule has 0 N–H and O–H groups in total. The van der Waals surface area contributed by atoms with E-state index in [0.717, 1.165) is 0 Å². The third kappa shape index (κ3) is 3.62. The normalized spacial score (nSPS) is 19.7. The molecular weight excluding hydrogens is 374 g/mol. The van der Waals surface area contributed by atoms with E-state index in [1.54, 1.807) is 18.2 Å². The molecule has 144 valence electrons. The van der Waals surface area contributed by atoms with Crippen molar-refractivity contribution < 1.29 is 27.4 Å². The van der Waals surface area contributed by atoms with Crippen molar-refractivity contribution >= 4 is 10.0 Å². The third-order valence-electron chi connectivity index (χ3n) is 4.37. The second-order valence-corrected chi connectivity index (χ2v) is 8.05. The number of methoxy groups -OCH3 is 1. The Kier molecular flexibility index (Phi) is 4.75. The van der Waals surface area contributed by atoms with Crippen LogP contribution in [0.4, 0.5) is 0 Å². The highest BCUT2D eigenvalue weighted by molar-refractivity contribution is 7.89. The average molecular weight is 393 g/mol. The Labute approximate surface area is 156 Å². The molecule has 10 heteroatoms. The molecule has 0 saturated carbocycles. The summed E-state index contributed by atoms with van der Waals surface area (Å²) in [5.74, 6) is 1.72. The molecule has 2 aliphatic heterocycles. The molecule has 0 amide bonds. The van der Waals surface area contributed by atoms with Crippen molar-refractivity contribution in [2.75, 3.05) is 33.4 Å². The lowest BCUT2D eigenvalue weighted by Crippen LogP contribution is -2.31. The molecule has 1 saturated heterocycles. The zero-order chi connectivity index (χ0) is 18.9.